The van der Waals surface area contributed by atoms with E-state index < -0.39 is 11.9 Å². The van der Waals surface area contributed by atoms with Crippen molar-refractivity contribution in [2.75, 3.05) is 0 Å². The van der Waals surface area contributed by atoms with E-state index in [0.29, 0.717) is 6.42 Å². The lowest BCUT2D eigenvalue weighted by atomic mass is 10.0. The maximum absolute atomic E-state index is 11.6. The Bertz CT molecular complexity index is 309. The minimum atomic E-state index is -0.555. The molecule has 1 atom stereocenters. The lowest BCUT2D eigenvalue weighted by Gasteiger charge is -2.08. The molecule has 17 heavy (non-hydrogen) atoms. The normalized spacial score (nSPS) is 12.2. The van der Waals surface area contributed by atoms with Crippen LogP contribution in [0.2, 0.25) is 0 Å². The lowest BCUT2D eigenvalue weighted by Crippen LogP contribution is -2.18. The molecule has 0 aliphatic carbocycles. The molecule has 0 saturated heterocycles. The molecule has 0 radical (unpaired) electrons. The highest BCUT2D eigenvalue weighted by molar-refractivity contribution is 5.86. The van der Waals surface area contributed by atoms with Gasteiger partial charge < -0.3 is 4.74 Å². The quantitative estimate of drug-likeness (QED) is 0.404. The number of hydrogen-bond acceptors (Lipinski definition) is 3. The Morgan fingerprint density at radius 2 is 1.88 bits per heavy atom. The summed E-state index contributed by atoms with van der Waals surface area (Å²) in [5, 5.41) is 0. The monoisotopic (exact) mass is 238 g/mol. The molecule has 0 aromatic carbocycles. The molecule has 96 valence electrons. The molecule has 0 rings (SSSR count). The summed E-state index contributed by atoms with van der Waals surface area (Å²) in [4.78, 5) is 22.4. The Balaban J connectivity index is 4.54. The molecule has 0 heterocycles. The van der Waals surface area contributed by atoms with Gasteiger partial charge in [-0.2, -0.15) is 0 Å². The van der Waals surface area contributed by atoms with Crippen LogP contribution in [0.5, 0.6) is 0 Å². The molecule has 0 spiro atoms. The van der Waals surface area contributed by atoms with Crippen molar-refractivity contribution in [3.63, 3.8) is 0 Å². The number of ether oxygens (including phenoxy) is 1. The molecule has 0 fully saturated rings. The average molecular weight is 238 g/mol. The summed E-state index contributed by atoms with van der Waals surface area (Å²) < 4.78 is 4.62. The number of unbranched alkanes of at least 4 members (excludes halogenated alkanes) is 1. The van der Waals surface area contributed by atoms with Gasteiger partial charge in [0.2, 0.25) is 0 Å². The lowest BCUT2D eigenvalue weighted by molar-refractivity contribution is -0.159. The topological polar surface area (TPSA) is 43.4 Å². The van der Waals surface area contributed by atoms with Crippen LogP contribution in [0.4, 0.5) is 0 Å². The van der Waals surface area contributed by atoms with Gasteiger partial charge in [0.25, 0.3) is 0 Å². The molecule has 1 unspecified atom stereocenters. The third-order valence-corrected chi connectivity index (χ3v) is 2.15. The second kappa shape index (κ2) is 8.74. The largest absolute Gasteiger partial charge is 0.393 e. The van der Waals surface area contributed by atoms with Gasteiger partial charge in [0.15, 0.2) is 0 Å². The molecule has 0 aromatic rings. The zero-order chi connectivity index (χ0) is 13.3. The van der Waals surface area contributed by atoms with Crippen LogP contribution >= 0.6 is 0 Å². The minimum absolute atomic E-state index is 0.361. The molecule has 0 aliphatic heterocycles. The van der Waals surface area contributed by atoms with Crippen molar-refractivity contribution in [3.8, 4) is 0 Å². The van der Waals surface area contributed by atoms with Crippen LogP contribution in [0, 0.1) is 5.92 Å². The first-order chi connectivity index (χ1) is 7.97. The standard InChI is InChI=1S/C14H22O3/c1-5-6-7-8-13(10-9-11(2)3)14(16)17-12(4)15/h7-9,13H,5-6,10H2,1-4H3. The highest BCUT2D eigenvalue weighted by Gasteiger charge is 2.17. The van der Waals surface area contributed by atoms with Crippen molar-refractivity contribution in [1.82, 2.24) is 0 Å². The molecule has 3 heteroatoms. The van der Waals surface area contributed by atoms with Crippen molar-refractivity contribution in [2.24, 2.45) is 5.92 Å². The number of carbonyl (C=O) groups is 2. The molecule has 0 saturated carbocycles. The van der Waals surface area contributed by atoms with Gasteiger partial charge >= 0.3 is 11.9 Å². The first-order valence-corrected chi connectivity index (χ1v) is 5.99. The summed E-state index contributed by atoms with van der Waals surface area (Å²) in [6.07, 6.45) is 8.31. The molecule has 0 aromatic heterocycles. The van der Waals surface area contributed by atoms with Crippen molar-refractivity contribution in [1.29, 1.82) is 0 Å². The van der Waals surface area contributed by atoms with E-state index in [1.54, 1.807) is 0 Å². The van der Waals surface area contributed by atoms with Crippen molar-refractivity contribution in [3.05, 3.63) is 23.8 Å². The second-order valence-electron chi connectivity index (χ2n) is 4.25. The summed E-state index contributed by atoms with van der Waals surface area (Å²) in [6.45, 7) is 7.27. The van der Waals surface area contributed by atoms with E-state index in [1.807, 2.05) is 32.1 Å². The van der Waals surface area contributed by atoms with Crippen LogP contribution in [0.3, 0.4) is 0 Å². The van der Waals surface area contributed by atoms with Gasteiger partial charge in [-0.05, 0) is 26.7 Å². The fourth-order valence-corrected chi connectivity index (χ4v) is 1.26. The third-order valence-electron chi connectivity index (χ3n) is 2.15. The number of rotatable bonds is 6. The molecular formula is C14H22O3. The van der Waals surface area contributed by atoms with Gasteiger partial charge in [-0.15, -0.1) is 0 Å². The van der Waals surface area contributed by atoms with Gasteiger partial charge in [0.1, 0.15) is 0 Å². The van der Waals surface area contributed by atoms with Gasteiger partial charge in [-0.3, -0.25) is 9.59 Å². The second-order valence-corrected chi connectivity index (χ2v) is 4.25. The first-order valence-electron chi connectivity index (χ1n) is 5.99. The van der Waals surface area contributed by atoms with Crippen LogP contribution in [0.15, 0.2) is 23.8 Å². The smallest absolute Gasteiger partial charge is 0.320 e. The molecule has 0 aliphatic rings. The van der Waals surface area contributed by atoms with Crippen LogP contribution in [-0.2, 0) is 14.3 Å². The molecule has 3 nitrogen and oxygen atoms in total. The Hall–Kier alpha value is -1.38. The zero-order valence-electron chi connectivity index (χ0n) is 11.2. The Kier molecular flexibility index (Phi) is 8.03. The maximum atomic E-state index is 11.6. The summed E-state index contributed by atoms with van der Waals surface area (Å²) >= 11 is 0. The summed E-state index contributed by atoms with van der Waals surface area (Å²) in [6, 6.07) is 0. The highest BCUT2D eigenvalue weighted by atomic mass is 16.6. The van der Waals surface area contributed by atoms with Crippen LogP contribution in [-0.4, -0.2) is 11.9 Å². The van der Waals surface area contributed by atoms with Gasteiger partial charge in [-0.25, -0.2) is 0 Å². The maximum Gasteiger partial charge on any atom is 0.320 e. The molecule has 0 bridgehead atoms. The van der Waals surface area contributed by atoms with Gasteiger partial charge in [0, 0.05) is 6.92 Å². The predicted molar refractivity (Wildman–Crippen MR) is 68.4 cm³/mol. The van der Waals surface area contributed by atoms with Crippen molar-refractivity contribution in [2.45, 2.75) is 47.0 Å². The van der Waals surface area contributed by atoms with Gasteiger partial charge in [0.05, 0.1) is 5.92 Å². The minimum Gasteiger partial charge on any atom is -0.393 e. The Morgan fingerprint density at radius 3 is 2.35 bits per heavy atom. The van der Waals surface area contributed by atoms with E-state index in [2.05, 4.69) is 11.7 Å². The summed E-state index contributed by atoms with van der Waals surface area (Å²) in [5.74, 6) is -1.39. The van der Waals surface area contributed by atoms with Crippen molar-refractivity contribution < 1.29 is 14.3 Å². The number of carbonyl (C=O) groups excluding carboxylic acids is 2. The van der Waals surface area contributed by atoms with E-state index in [0.717, 1.165) is 18.4 Å². The van der Waals surface area contributed by atoms with Gasteiger partial charge in [-0.1, -0.05) is 37.1 Å². The number of allylic oxidation sites excluding steroid dienone is 3. The van der Waals surface area contributed by atoms with E-state index >= 15 is 0 Å². The number of esters is 2. The Labute approximate surface area is 104 Å². The fourth-order valence-electron chi connectivity index (χ4n) is 1.26. The van der Waals surface area contributed by atoms with Crippen LogP contribution in [0.25, 0.3) is 0 Å². The third kappa shape index (κ3) is 8.43. The summed E-state index contributed by atoms with van der Waals surface area (Å²) in [5.41, 5.74) is 1.15. The zero-order valence-corrected chi connectivity index (χ0v) is 11.2. The van der Waals surface area contributed by atoms with Crippen LogP contribution in [0.1, 0.15) is 47.0 Å². The molecular weight excluding hydrogens is 216 g/mol. The van der Waals surface area contributed by atoms with Crippen LogP contribution < -0.4 is 0 Å². The summed E-state index contributed by atoms with van der Waals surface area (Å²) in [7, 11) is 0. The first kappa shape index (κ1) is 15.6. The van der Waals surface area contributed by atoms with E-state index in [4.69, 9.17) is 0 Å². The fraction of sp³-hybridized carbons (Fsp3) is 0.571. The molecule has 0 amide bonds. The molecule has 0 N–H and O–H groups in total. The van der Waals surface area contributed by atoms with Crippen molar-refractivity contribution >= 4 is 11.9 Å². The van der Waals surface area contributed by atoms with E-state index in [1.165, 1.54) is 6.92 Å². The average Bonchev–Trinajstić information content (AvgIpc) is 2.21. The Morgan fingerprint density at radius 1 is 1.24 bits per heavy atom. The van der Waals surface area contributed by atoms with E-state index in [-0.39, 0.29) is 5.92 Å². The highest BCUT2D eigenvalue weighted by Crippen LogP contribution is 2.12. The SMILES string of the molecule is CCCC=CC(CC=C(C)C)C(=O)OC(C)=O. The predicted octanol–water partition coefficient (Wildman–Crippen LogP) is 3.40. The number of hydrogen-bond donors (Lipinski definition) is 0. The van der Waals surface area contributed by atoms with E-state index in [9.17, 15) is 9.59 Å².